The highest BCUT2D eigenvalue weighted by Gasteiger charge is 2.28. The number of hydrogen-bond donors (Lipinski definition) is 2. The lowest BCUT2D eigenvalue weighted by Gasteiger charge is -2.34. The molecule has 0 aromatic heterocycles. The van der Waals surface area contributed by atoms with Gasteiger partial charge in [0, 0.05) is 19.7 Å². The van der Waals surface area contributed by atoms with Crippen molar-refractivity contribution < 1.29 is 9.72 Å². The highest BCUT2D eigenvalue weighted by molar-refractivity contribution is 5.81. The maximum atomic E-state index is 11.9. The Bertz CT molecular complexity index is 547. The van der Waals surface area contributed by atoms with Crippen molar-refractivity contribution in [3.05, 3.63) is 33.9 Å². The molecule has 3 N–H and O–H groups in total. The van der Waals surface area contributed by atoms with Crippen molar-refractivity contribution in [2.24, 2.45) is 0 Å². The zero-order valence-corrected chi connectivity index (χ0v) is 12.0. The van der Waals surface area contributed by atoms with Gasteiger partial charge in [-0.15, -0.1) is 0 Å². The van der Waals surface area contributed by atoms with Crippen LogP contribution in [0.15, 0.2) is 18.2 Å². The SMILES string of the molecule is CNC(=O)C1CCCCN1Cc1ccc([N+](=O)[O-])c(N)c1. The van der Waals surface area contributed by atoms with Crippen LogP contribution < -0.4 is 11.1 Å². The molecule has 1 saturated heterocycles. The average molecular weight is 292 g/mol. The Balaban J connectivity index is 2.14. The van der Waals surface area contributed by atoms with E-state index in [0.717, 1.165) is 31.4 Å². The first-order chi connectivity index (χ1) is 10.0. The topological polar surface area (TPSA) is 102 Å². The van der Waals surface area contributed by atoms with E-state index in [1.165, 1.54) is 6.07 Å². The van der Waals surface area contributed by atoms with Gasteiger partial charge < -0.3 is 11.1 Å². The quantitative estimate of drug-likeness (QED) is 0.494. The Hall–Kier alpha value is -2.15. The van der Waals surface area contributed by atoms with Gasteiger partial charge in [-0.3, -0.25) is 19.8 Å². The predicted octanol–water partition coefficient (Wildman–Crippen LogP) is 1.28. The molecule has 1 unspecified atom stereocenters. The lowest BCUT2D eigenvalue weighted by atomic mass is 10.0. The van der Waals surface area contributed by atoms with Gasteiger partial charge in [-0.05, 0) is 31.0 Å². The van der Waals surface area contributed by atoms with E-state index in [-0.39, 0.29) is 23.3 Å². The lowest BCUT2D eigenvalue weighted by molar-refractivity contribution is -0.383. The van der Waals surface area contributed by atoms with Crippen molar-refractivity contribution in [3.8, 4) is 0 Å². The summed E-state index contributed by atoms with van der Waals surface area (Å²) < 4.78 is 0. The maximum Gasteiger partial charge on any atom is 0.292 e. The van der Waals surface area contributed by atoms with Crippen LogP contribution in [0, 0.1) is 10.1 Å². The van der Waals surface area contributed by atoms with Crippen molar-refractivity contribution in [2.75, 3.05) is 19.3 Å². The van der Waals surface area contributed by atoms with Gasteiger partial charge in [0.2, 0.25) is 5.91 Å². The van der Waals surface area contributed by atoms with Crippen molar-refractivity contribution in [1.29, 1.82) is 0 Å². The summed E-state index contributed by atoms with van der Waals surface area (Å²) in [5.41, 5.74) is 6.67. The van der Waals surface area contributed by atoms with E-state index in [1.54, 1.807) is 19.2 Å². The van der Waals surface area contributed by atoms with Gasteiger partial charge >= 0.3 is 0 Å². The van der Waals surface area contributed by atoms with Crippen molar-refractivity contribution >= 4 is 17.3 Å². The van der Waals surface area contributed by atoms with Crippen LogP contribution in [0.5, 0.6) is 0 Å². The molecule has 7 nitrogen and oxygen atoms in total. The molecule has 1 amide bonds. The average Bonchev–Trinajstić information content (AvgIpc) is 2.46. The summed E-state index contributed by atoms with van der Waals surface area (Å²) in [6, 6.07) is 4.60. The third-order valence-electron chi connectivity index (χ3n) is 3.84. The summed E-state index contributed by atoms with van der Waals surface area (Å²) in [5, 5.41) is 13.5. The zero-order valence-electron chi connectivity index (χ0n) is 12.0. The molecule has 1 aliphatic rings. The van der Waals surface area contributed by atoms with Gasteiger partial charge in [-0.1, -0.05) is 12.5 Å². The second-order valence-corrected chi connectivity index (χ2v) is 5.25. The number of nitrogen functional groups attached to an aromatic ring is 1. The number of amides is 1. The molecule has 1 fully saturated rings. The van der Waals surface area contributed by atoms with E-state index in [1.807, 2.05) is 0 Å². The van der Waals surface area contributed by atoms with Gasteiger partial charge in [-0.2, -0.15) is 0 Å². The Morgan fingerprint density at radius 3 is 2.90 bits per heavy atom. The Kier molecular flexibility index (Phi) is 4.74. The van der Waals surface area contributed by atoms with Gasteiger partial charge in [-0.25, -0.2) is 0 Å². The normalized spacial score (nSPS) is 19.2. The second kappa shape index (κ2) is 6.53. The molecule has 1 aliphatic heterocycles. The van der Waals surface area contributed by atoms with Crippen LogP contribution in [-0.4, -0.2) is 35.4 Å². The number of nitrogens with one attached hydrogen (secondary N) is 1. The molecular formula is C14H20N4O3. The van der Waals surface area contributed by atoms with Crippen LogP contribution in [-0.2, 0) is 11.3 Å². The number of carbonyl (C=O) groups excluding carboxylic acids is 1. The molecule has 0 spiro atoms. The van der Waals surface area contributed by atoms with Crippen LogP contribution in [0.25, 0.3) is 0 Å². The fourth-order valence-corrected chi connectivity index (χ4v) is 2.75. The minimum Gasteiger partial charge on any atom is -0.393 e. The van der Waals surface area contributed by atoms with Gasteiger partial charge in [0.1, 0.15) is 5.69 Å². The number of nitrogens with two attached hydrogens (primary N) is 1. The molecule has 1 heterocycles. The third-order valence-corrected chi connectivity index (χ3v) is 3.84. The summed E-state index contributed by atoms with van der Waals surface area (Å²) in [4.78, 5) is 24.3. The summed E-state index contributed by atoms with van der Waals surface area (Å²) >= 11 is 0. The second-order valence-electron chi connectivity index (χ2n) is 5.25. The van der Waals surface area contributed by atoms with Crippen LogP contribution >= 0.6 is 0 Å². The number of carbonyl (C=O) groups is 1. The summed E-state index contributed by atoms with van der Waals surface area (Å²) in [6.07, 6.45) is 2.93. The number of nitro groups is 1. The molecule has 1 aromatic rings. The number of likely N-dealkylation sites (N-methyl/N-ethyl adjacent to an activating group) is 1. The van der Waals surface area contributed by atoms with Crippen molar-refractivity contribution in [2.45, 2.75) is 31.8 Å². The summed E-state index contributed by atoms with van der Waals surface area (Å²) in [6.45, 7) is 1.41. The number of hydrogen-bond acceptors (Lipinski definition) is 5. The van der Waals surface area contributed by atoms with Crippen LogP contribution in [0.4, 0.5) is 11.4 Å². The number of anilines is 1. The molecular weight excluding hydrogens is 272 g/mol. The highest BCUT2D eigenvalue weighted by atomic mass is 16.6. The van der Waals surface area contributed by atoms with E-state index in [9.17, 15) is 14.9 Å². The predicted molar refractivity (Wildman–Crippen MR) is 79.6 cm³/mol. The van der Waals surface area contributed by atoms with E-state index in [2.05, 4.69) is 10.2 Å². The first-order valence-electron chi connectivity index (χ1n) is 7.01. The fourth-order valence-electron chi connectivity index (χ4n) is 2.75. The monoisotopic (exact) mass is 292 g/mol. The number of benzene rings is 1. The Labute approximate surface area is 123 Å². The van der Waals surface area contributed by atoms with E-state index < -0.39 is 4.92 Å². The van der Waals surface area contributed by atoms with Crippen molar-refractivity contribution in [1.82, 2.24) is 10.2 Å². The van der Waals surface area contributed by atoms with E-state index in [0.29, 0.717) is 6.54 Å². The van der Waals surface area contributed by atoms with Crippen LogP contribution in [0.3, 0.4) is 0 Å². The summed E-state index contributed by atoms with van der Waals surface area (Å²) in [7, 11) is 1.64. The van der Waals surface area contributed by atoms with Crippen LogP contribution in [0.1, 0.15) is 24.8 Å². The number of nitro benzene ring substituents is 1. The molecule has 0 aliphatic carbocycles. The van der Waals surface area contributed by atoms with Gasteiger partial charge in [0.25, 0.3) is 5.69 Å². The minimum atomic E-state index is -0.493. The molecule has 1 aromatic carbocycles. The van der Waals surface area contributed by atoms with E-state index >= 15 is 0 Å². The fraction of sp³-hybridized carbons (Fsp3) is 0.500. The molecule has 0 radical (unpaired) electrons. The molecule has 114 valence electrons. The molecule has 0 bridgehead atoms. The number of nitrogens with zero attached hydrogens (tertiary/aromatic N) is 2. The standard InChI is InChI=1S/C14H20N4O3/c1-16-14(19)13-4-2-3-7-17(13)9-10-5-6-12(18(20)21)11(15)8-10/h5-6,8,13H,2-4,7,9,15H2,1H3,(H,16,19). The first kappa shape index (κ1) is 15.2. The minimum absolute atomic E-state index is 0.0181. The molecule has 7 heteroatoms. The highest BCUT2D eigenvalue weighted by Crippen LogP contribution is 2.25. The number of rotatable bonds is 4. The van der Waals surface area contributed by atoms with Gasteiger partial charge in [0.05, 0.1) is 11.0 Å². The van der Waals surface area contributed by atoms with Crippen LogP contribution in [0.2, 0.25) is 0 Å². The third kappa shape index (κ3) is 3.49. The zero-order chi connectivity index (χ0) is 15.4. The maximum absolute atomic E-state index is 11.9. The molecule has 0 saturated carbocycles. The molecule has 2 rings (SSSR count). The summed E-state index contributed by atoms with van der Waals surface area (Å²) in [5.74, 6) is 0.0181. The Morgan fingerprint density at radius 1 is 1.52 bits per heavy atom. The van der Waals surface area contributed by atoms with E-state index in [4.69, 9.17) is 5.73 Å². The Morgan fingerprint density at radius 2 is 2.29 bits per heavy atom. The lowest BCUT2D eigenvalue weighted by Crippen LogP contribution is -2.48. The molecule has 1 atom stereocenters. The number of piperidine rings is 1. The first-order valence-corrected chi connectivity index (χ1v) is 7.01. The largest absolute Gasteiger partial charge is 0.393 e. The van der Waals surface area contributed by atoms with Gasteiger partial charge in [0.15, 0.2) is 0 Å². The molecule has 21 heavy (non-hydrogen) atoms. The van der Waals surface area contributed by atoms with Crippen molar-refractivity contribution in [3.63, 3.8) is 0 Å². The number of likely N-dealkylation sites (tertiary alicyclic amines) is 1. The smallest absolute Gasteiger partial charge is 0.292 e.